The molecule has 0 saturated carbocycles. The first kappa shape index (κ1) is 15.5. The zero-order valence-electron chi connectivity index (χ0n) is 12.6. The number of nitrogens with zero attached hydrogens (tertiary/aromatic N) is 1. The molecule has 0 saturated heterocycles. The third-order valence-electron chi connectivity index (χ3n) is 3.47. The molecule has 1 unspecified atom stereocenters. The summed E-state index contributed by atoms with van der Waals surface area (Å²) < 4.78 is 0. The lowest BCUT2D eigenvalue weighted by atomic mass is 10.1. The molecule has 1 atom stereocenters. The SMILES string of the molecule is C=CCc1ccc2cc(/C=C/CCCC(C)O)ncc2c1. The second kappa shape index (κ2) is 7.75. The zero-order valence-corrected chi connectivity index (χ0v) is 12.6. The van der Waals surface area contributed by atoms with Crippen molar-refractivity contribution in [1.82, 2.24) is 4.98 Å². The normalized spacial score (nSPS) is 12.9. The Morgan fingerprint density at radius 3 is 2.90 bits per heavy atom. The quantitative estimate of drug-likeness (QED) is 0.597. The molecule has 2 heteroatoms. The van der Waals surface area contributed by atoms with Gasteiger partial charge >= 0.3 is 0 Å². The van der Waals surface area contributed by atoms with Gasteiger partial charge < -0.3 is 5.11 Å². The van der Waals surface area contributed by atoms with Crippen molar-refractivity contribution < 1.29 is 5.11 Å². The first-order valence-electron chi connectivity index (χ1n) is 7.53. The maximum Gasteiger partial charge on any atom is 0.0632 e. The van der Waals surface area contributed by atoms with Crippen LogP contribution in [0.4, 0.5) is 0 Å². The summed E-state index contributed by atoms with van der Waals surface area (Å²) in [6, 6.07) is 8.55. The molecule has 2 aromatic rings. The van der Waals surface area contributed by atoms with Crippen LogP contribution < -0.4 is 0 Å². The molecule has 1 aromatic heterocycles. The summed E-state index contributed by atoms with van der Waals surface area (Å²) in [6.45, 7) is 5.60. The largest absolute Gasteiger partial charge is 0.393 e. The van der Waals surface area contributed by atoms with E-state index in [1.165, 1.54) is 16.3 Å². The van der Waals surface area contributed by atoms with Crippen molar-refractivity contribution in [2.75, 3.05) is 0 Å². The number of pyridine rings is 1. The Labute approximate surface area is 126 Å². The van der Waals surface area contributed by atoms with E-state index in [1.54, 1.807) is 0 Å². The fourth-order valence-electron chi connectivity index (χ4n) is 2.33. The monoisotopic (exact) mass is 281 g/mol. The molecule has 1 N–H and O–H groups in total. The van der Waals surface area contributed by atoms with Gasteiger partial charge in [-0.1, -0.05) is 24.3 Å². The Morgan fingerprint density at radius 2 is 2.14 bits per heavy atom. The van der Waals surface area contributed by atoms with Crippen molar-refractivity contribution in [3.8, 4) is 0 Å². The molecule has 110 valence electrons. The molecule has 0 fully saturated rings. The van der Waals surface area contributed by atoms with E-state index in [0.717, 1.165) is 31.4 Å². The number of hydrogen-bond donors (Lipinski definition) is 1. The predicted molar refractivity (Wildman–Crippen MR) is 90.2 cm³/mol. The minimum atomic E-state index is -0.207. The van der Waals surface area contributed by atoms with Crippen molar-refractivity contribution in [3.63, 3.8) is 0 Å². The highest BCUT2D eigenvalue weighted by Crippen LogP contribution is 2.17. The van der Waals surface area contributed by atoms with Gasteiger partial charge in [-0.05, 0) is 61.8 Å². The van der Waals surface area contributed by atoms with Gasteiger partial charge in [0.1, 0.15) is 0 Å². The van der Waals surface area contributed by atoms with Crippen LogP contribution in [0, 0.1) is 0 Å². The van der Waals surface area contributed by atoms with Crippen LogP contribution in [0.1, 0.15) is 37.4 Å². The van der Waals surface area contributed by atoms with Gasteiger partial charge in [0, 0.05) is 11.6 Å². The average Bonchev–Trinajstić information content (AvgIpc) is 2.47. The number of benzene rings is 1. The summed E-state index contributed by atoms with van der Waals surface area (Å²) in [5.41, 5.74) is 2.25. The van der Waals surface area contributed by atoms with Crippen molar-refractivity contribution in [3.05, 3.63) is 60.5 Å². The average molecular weight is 281 g/mol. The van der Waals surface area contributed by atoms with Crippen LogP contribution in [0.3, 0.4) is 0 Å². The van der Waals surface area contributed by atoms with Gasteiger partial charge in [-0.25, -0.2) is 0 Å². The van der Waals surface area contributed by atoms with Crippen molar-refractivity contribution in [1.29, 1.82) is 0 Å². The van der Waals surface area contributed by atoms with Gasteiger partial charge in [0.2, 0.25) is 0 Å². The van der Waals surface area contributed by atoms with E-state index in [0.29, 0.717) is 0 Å². The van der Waals surface area contributed by atoms with Crippen LogP contribution >= 0.6 is 0 Å². The molecular formula is C19H23NO. The number of unbranched alkanes of at least 4 members (excludes halogenated alkanes) is 1. The molecule has 0 radical (unpaired) electrons. The first-order chi connectivity index (χ1) is 10.2. The Morgan fingerprint density at radius 1 is 1.29 bits per heavy atom. The van der Waals surface area contributed by atoms with E-state index in [9.17, 15) is 5.11 Å². The highest BCUT2D eigenvalue weighted by molar-refractivity contribution is 5.83. The van der Waals surface area contributed by atoms with E-state index in [4.69, 9.17) is 0 Å². The number of aromatic nitrogens is 1. The molecule has 1 aromatic carbocycles. The van der Waals surface area contributed by atoms with Gasteiger partial charge in [-0.3, -0.25) is 4.98 Å². The zero-order chi connectivity index (χ0) is 15.1. The van der Waals surface area contributed by atoms with E-state index < -0.39 is 0 Å². The minimum Gasteiger partial charge on any atom is -0.393 e. The van der Waals surface area contributed by atoms with E-state index in [1.807, 2.05) is 19.2 Å². The lowest BCUT2D eigenvalue weighted by molar-refractivity contribution is 0.182. The molecule has 1 heterocycles. The first-order valence-corrected chi connectivity index (χ1v) is 7.53. The Kier molecular flexibility index (Phi) is 5.70. The van der Waals surface area contributed by atoms with Gasteiger partial charge in [-0.2, -0.15) is 0 Å². The summed E-state index contributed by atoms with van der Waals surface area (Å²) in [7, 11) is 0. The van der Waals surface area contributed by atoms with Crippen LogP contribution in [-0.4, -0.2) is 16.2 Å². The summed E-state index contributed by atoms with van der Waals surface area (Å²) in [5, 5.41) is 11.6. The number of hydrogen-bond acceptors (Lipinski definition) is 2. The molecular weight excluding hydrogens is 258 g/mol. The van der Waals surface area contributed by atoms with Gasteiger partial charge in [-0.15, -0.1) is 6.58 Å². The van der Waals surface area contributed by atoms with Crippen LogP contribution in [0.15, 0.2) is 49.2 Å². The second-order valence-corrected chi connectivity index (χ2v) is 5.47. The minimum absolute atomic E-state index is 0.207. The summed E-state index contributed by atoms with van der Waals surface area (Å²) >= 11 is 0. The van der Waals surface area contributed by atoms with Crippen molar-refractivity contribution in [2.45, 2.75) is 38.7 Å². The number of fused-ring (bicyclic) bond motifs is 1. The summed E-state index contributed by atoms with van der Waals surface area (Å²) in [5.74, 6) is 0. The number of aliphatic hydroxyl groups is 1. The van der Waals surface area contributed by atoms with Crippen LogP contribution in [0.25, 0.3) is 16.8 Å². The Hall–Kier alpha value is -1.93. The highest BCUT2D eigenvalue weighted by Gasteiger charge is 1.98. The van der Waals surface area contributed by atoms with Crippen molar-refractivity contribution >= 4 is 16.8 Å². The highest BCUT2D eigenvalue weighted by atomic mass is 16.3. The van der Waals surface area contributed by atoms with Crippen molar-refractivity contribution in [2.24, 2.45) is 0 Å². The van der Waals surface area contributed by atoms with Gasteiger partial charge in [0.25, 0.3) is 0 Å². The lowest BCUT2D eigenvalue weighted by Crippen LogP contribution is -1.97. The maximum atomic E-state index is 9.21. The van der Waals surface area contributed by atoms with E-state index in [-0.39, 0.29) is 6.10 Å². The number of aliphatic hydroxyl groups excluding tert-OH is 1. The fourth-order valence-corrected chi connectivity index (χ4v) is 2.33. The molecule has 0 spiro atoms. The smallest absolute Gasteiger partial charge is 0.0632 e. The lowest BCUT2D eigenvalue weighted by Gasteiger charge is -2.03. The molecule has 2 rings (SSSR count). The van der Waals surface area contributed by atoms with Crippen LogP contribution in [-0.2, 0) is 6.42 Å². The molecule has 0 bridgehead atoms. The maximum absolute atomic E-state index is 9.21. The number of rotatable bonds is 7. The molecule has 0 aliphatic rings. The van der Waals surface area contributed by atoms with E-state index in [2.05, 4.69) is 48.0 Å². The summed E-state index contributed by atoms with van der Waals surface area (Å²) in [6.07, 6.45) is 11.5. The van der Waals surface area contributed by atoms with Gasteiger partial charge in [0.15, 0.2) is 0 Å². The predicted octanol–water partition coefficient (Wildman–Crippen LogP) is 4.53. The fraction of sp³-hybridized carbons (Fsp3) is 0.316. The Balaban J connectivity index is 2.03. The third kappa shape index (κ3) is 4.83. The van der Waals surface area contributed by atoms with Gasteiger partial charge in [0.05, 0.1) is 11.8 Å². The van der Waals surface area contributed by atoms with Crippen LogP contribution in [0.5, 0.6) is 0 Å². The van der Waals surface area contributed by atoms with Crippen LogP contribution in [0.2, 0.25) is 0 Å². The third-order valence-corrected chi connectivity index (χ3v) is 3.47. The number of allylic oxidation sites excluding steroid dienone is 2. The second-order valence-electron chi connectivity index (χ2n) is 5.47. The van der Waals surface area contributed by atoms with E-state index >= 15 is 0 Å². The molecule has 0 aliphatic heterocycles. The Bertz CT molecular complexity index is 628. The standard InChI is InChI=1S/C19H23NO/c1-3-7-16-10-11-17-13-19(20-14-18(17)12-16)9-6-4-5-8-15(2)21/h3,6,9-15,21H,1,4-5,7-8H2,2H3/b9-6+. The molecule has 0 amide bonds. The molecule has 2 nitrogen and oxygen atoms in total. The molecule has 0 aliphatic carbocycles. The summed E-state index contributed by atoms with van der Waals surface area (Å²) in [4.78, 5) is 4.48. The topological polar surface area (TPSA) is 33.1 Å². The molecule has 21 heavy (non-hydrogen) atoms.